The predicted octanol–water partition coefficient (Wildman–Crippen LogP) is 3.40. The molecule has 2 atom stereocenters. The Labute approximate surface area is 103 Å². The summed E-state index contributed by atoms with van der Waals surface area (Å²) < 4.78 is 5.69. The maximum atomic E-state index is 6.01. The second kappa shape index (κ2) is 6.12. The second-order valence-corrected chi connectivity index (χ2v) is 4.71. The van der Waals surface area contributed by atoms with Gasteiger partial charge in [-0.15, -0.1) is 0 Å². The second-order valence-electron chi connectivity index (χ2n) is 4.27. The van der Waals surface area contributed by atoms with E-state index in [0.717, 1.165) is 17.7 Å². The maximum absolute atomic E-state index is 6.01. The number of halogens is 1. The summed E-state index contributed by atoms with van der Waals surface area (Å²) in [5.41, 5.74) is 7.09. The van der Waals surface area contributed by atoms with Crippen molar-refractivity contribution in [2.75, 3.05) is 6.61 Å². The molecule has 0 spiro atoms. The van der Waals surface area contributed by atoms with Crippen molar-refractivity contribution in [2.24, 2.45) is 11.7 Å². The molecule has 0 saturated heterocycles. The Morgan fingerprint density at radius 3 is 2.75 bits per heavy atom. The summed E-state index contributed by atoms with van der Waals surface area (Å²) in [7, 11) is 0. The van der Waals surface area contributed by atoms with Gasteiger partial charge in [0, 0.05) is 11.1 Å². The van der Waals surface area contributed by atoms with Gasteiger partial charge in [0.15, 0.2) is 0 Å². The van der Waals surface area contributed by atoms with Crippen LogP contribution in [0, 0.1) is 12.8 Å². The minimum absolute atomic E-state index is 0.0726. The molecule has 1 rings (SSSR count). The Hall–Kier alpha value is -0.730. The van der Waals surface area contributed by atoms with Crippen molar-refractivity contribution in [1.29, 1.82) is 0 Å². The van der Waals surface area contributed by atoms with Gasteiger partial charge in [-0.2, -0.15) is 0 Å². The first kappa shape index (κ1) is 13.3. The lowest BCUT2D eigenvalue weighted by Crippen LogP contribution is -2.34. The minimum atomic E-state index is 0.0726. The predicted molar refractivity (Wildman–Crippen MR) is 69.1 cm³/mol. The number of ether oxygens (including phenoxy) is 1. The summed E-state index contributed by atoms with van der Waals surface area (Å²) in [5.74, 6) is 1.30. The van der Waals surface area contributed by atoms with E-state index in [-0.39, 0.29) is 6.04 Å². The van der Waals surface area contributed by atoms with Gasteiger partial charge in [0.1, 0.15) is 12.4 Å². The van der Waals surface area contributed by atoms with Gasteiger partial charge in [0.25, 0.3) is 0 Å². The number of benzene rings is 1. The zero-order chi connectivity index (χ0) is 12.1. The van der Waals surface area contributed by atoms with Gasteiger partial charge >= 0.3 is 0 Å². The number of nitrogens with two attached hydrogens (primary N) is 1. The van der Waals surface area contributed by atoms with E-state index in [2.05, 4.69) is 13.8 Å². The van der Waals surface area contributed by atoms with Crippen LogP contribution in [0.1, 0.15) is 25.8 Å². The first-order valence-corrected chi connectivity index (χ1v) is 6.07. The zero-order valence-electron chi connectivity index (χ0n) is 10.2. The molecule has 2 unspecified atom stereocenters. The van der Waals surface area contributed by atoms with E-state index >= 15 is 0 Å². The monoisotopic (exact) mass is 241 g/mol. The number of aryl methyl sites for hydroxylation is 1. The molecule has 3 heteroatoms. The van der Waals surface area contributed by atoms with Crippen molar-refractivity contribution in [3.63, 3.8) is 0 Å². The van der Waals surface area contributed by atoms with E-state index in [1.165, 1.54) is 0 Å². The Morgan fingerprint density at radius 1 is 1.44 bits per heavy atom. The molecule has 0 amide bonds. The molecule has 16 heavy (non-hydrogen) atoms. The molecular formula is C13H20ClNO. The van der Waals surface area contributed by atoms with Gasteiger partial charge in [0.2, 0.25) is 0 Å². The first-order valence-electron chi connectivity index (χ1n) is 5.69. The molecule has 2 N–H and O–H groups in total. The van der Waals surface area contributed by atoms with Crippen LogP contribution in [0.3, 0.4) is 0 Å². The van der Waals surface area contributed by atoms with E-state index in [1.807, 2.05) is 25.1 Å². The largest absolute Gasteiger partial charge is 0.492 e. The van der Waals surface area contributed by atoms with Gasteiger partial charge in [0.05, 0.1) is 0 Å². The highest BCUT2D eigenvalue weighted by atomic mass is 35.5. The molecule has 0 aliphatic carbocycles. The molecule has 0 radical (unpaired) electrons. The van der Waals surface area contributed by atoms with E-state index in [0.29, 0.717) is 17.5 Å². The summed E-state index contributed by atoms with van der Waals surface area (Å²) in [6.45, 7) is 6.81. The molecule has 1 aromatic rings. The number of hydrogen-bond acceptors (Lipinski definition) is 2. The quantitative estimate of drug-likeness (QED) is 0.858. The van der Waals surface area contributed by atoms with Crippen LogP contribution in [0.25, 0.3) is 0 Å². The highest BCUT2D eigenvalue weighted by Crippen LogP contribution is 2.22. The summed E-state index contributed by atoms with van der Waals surface area (Å²) in [5, 5.41) is 0.692. The van der Waals surface area contributed by atoms with Gasteiger partial charge < -0.3 is 10.5 Å². The summed E-state index contributed by atoms with van der Waals surface area (Å²) in [6, 6.07) is 5.72. The smallest absolute Gasteiger partial charge is 0.123 e. The molecular weight excluding hydrogens is 222 g/mol. The fourth-order valence-electron chi connectivity index (χ4n) is 1.38. The van der Waals surface area contributed by atoms with Gasteiger partial charge in [-0.1, -0.05) is 37.9 Å². The lowest BCUT2D eigenvalue weighted by molar-refractivity contribution is 0.249. The Bertz CT molecular complexity index is 341. The van der Waals surface area contributed by atoms with Crippen LogP contribution in [0.2, 0.25) is 5.02 Å². The number of hydrogen-bond donors (Lipinski definition) is 1. The Morgan fingerprint density at radius 2 is 2.12 bits per heavy atom. The average molecular weight is 242 g/mol. The summed E-state index contributed by atoms with van der Waals surface area (Å²) in [6.07, 6.45) is 1.07. The SMILES string of the molecule is CCC(C)C(N)COc1cc(Cl)ccc1C. The number of rotatable bonds is 5. The van der Waals surface area contributed by atoms with Gasteiger partial charge in [-0.05, 0) is 30.5 Å². The third-order valence-electron chi connectivity index (χ3n) is 2.96. The Balaban J connectivity index is 2.57. The molecule has 0 aliphatic heterocycles. The third kappa shape index (κ3) is 3.69. The van der Waals surface area contributed by atoms with Crippen molar-refractivity contribution in [3.8, 4) is 5.75 Å². The van der Waals surface area contributed by atoms with Crippen LogP contribution >= 0.6 is 11.6 Å². The van der Waals surface area contributed by atoms with Crippen LogP contribution < -0.4 is 10.5 Å². The molecule has 90 valence electrons. The molecule has 0 fully saturated rings. The van der Waals surface area contributed by atoms with Crippen LogP contribution in [0.15, 0.2) is 18.2 Å². The molecule has 0 aliphatic rings. The van der Waals surface area contributed by atoms with Crippen LogP contribution in [-0.4, -0.2) is 12.6 Å². The molecule has 0 heterocycles. The van der Waals surface area contributed by atoms with E-state index in [9.17, 15) is 0 Å². The molecule has 0 saturated carbocycles. The Kier molecular flexibility index (Phi) is 5.10. The summed E-state index contributed by atoms with van der Waals surface area (Å²) >= 11 is 5.91. The third-order valence-corrected chi connectivity index (χ3v) is 3.19. The average Bonchev–Trinajstić information content (AvgIpc) is 2.28. The van der Waals surface area contributed by atoms with Gasteiger partial charge in [-0.3, -0.25) is 0 Å². The lowest BCUT2D eigenvalue weighted by Gasteiger charge is -2.19. The fraction of sp³-hybridized carbons (Fsp3) is 0.538. The van der Waals surface area contributed by atoms with Crippen molar-refractivity contribution in [3.05, 3.63) is 28.8 Å². The highest BCUT2D eigenvalue weighted by molar-refractivity contribution is 6.30. The molecule has 2 nitrogen and oxygen atoms in total. The molecule has 0 aromatic heterocycles. The maximum Gasteiger partial charge on any atom is 0.123 e. The van der Waals surface area contributed by atoms with Crippen LogP contribution in [0.5, 0.6) is 5.75 Å². The normalized spacial score (nSPS) is 14.6. The first-order chi connectivity index (χ1) is 7.54. The van der Waals surface area contributed by atoms with Crippen LogP contribution in [0.4, 0.5) is 0 Å². The van der Waals surface area contributed by atoms with E-state index in [4.69, 9.17) is 22.1 Å². The standard InChI is InChI=1S/C13H20ClNO/c1-4-9(2)12(15)8-16-13-7-11(14)6-5-10(13)3/h5-7,9,12H,4,8,15H2,1-3H3. The van der Waals surface area contributed by atoms with Crippen molar-refractivity contribution in [2.45, 2.75) is 33.2 Å². The molecule has 0 bridgehead atoms. The lowest BCUT2D eigenvalue weighted by atomic mass is 10.0. The topological polar surface area (TPSA) is 35.2 Å². The highest BCUT2D eigenvalue weighted by Gasteiger charge is 2.12. The van der Waals surface area contributed by atoms with E-state index in [1.54, 1.807) is 0 Å². The minimum Gasteiger partial charge on any atom is -0.492 e. The van der Waals surface area contributed by atoms with Crippen molar-refractivity contribution >= 4 is 11.6 Å². The zero-order valence-corrected chi connectivity index (χ0v) is 10.9. The molecule has 1 aromatic carbocycles. The summed E-state index contributed by atoms with van der Waals surface area (Å²) in [4.78, 5) is 0. The fourth-order valence-corrected chi connectivity index (χ4v) is 1.54. The van der Waals surface area contributed by atoms with Crippen molar-refractivity contribution in [1.82, 2.24) is 0 Å². The van der Waals surface area contributed by atoms with Crippen LogP contribution in [-0.2, 0) is 0 Å². The van der Waals surface area contributed by atoms with Crippen molar-refractivity contribution < 1.29 is 4.74 Å². The van der Waals surface area contributed by atoms with Gasteiger partial charge in [-0.25, -0.2) is 0 Å². The van der Waals surface area contributed by atoms with E-state index < -0.39 is 0 Å².